The predicted octanol–water partition coefficient (Wildman–Crippen LogP) is -2.22. The Hall–Kier alpha value is -1.75. The van der Waals surface area contributed by atoms with E-state index in [1.165, 1.54) is 12.1 Å². The molecule has 0 aliphatic carbocycles. The molecule has 1 aliphatic rings. The molecule has 7 N–H and O–H groups in total. The quantitative estimate of drug-likeness (QED) is 0.303. The van der Waals surface area contributed by atoms with Gasteiger partial charge in [-0.05, 0) is 24.1 Å². The first-order valence-corrected chi connectivity index (χ1v) is 7.40. The molecule has 0 spiro atoms. The highest BCUT2D eigenvalue weighted by atomic mass is 16.6. The zero-order chi connectivity index (χ0) is 17.9. The van der Waals surface area contributed by atoms with E-state index in [-0.39, 0.29) is 12.2 Å². The van der Waals surface area contributed by atoms with Crippen molar-refractivity contribution in [3.05, 3.63) is 29.8 Å². The first kappa shape index (κ1) is 18.6. The summed E-state index contributed by atoms with van der Waals surface area (Å²) in [6, 6.07) is 4.79. The molecule has 9 nitrogen and oxygen atoms in total. The summed E-state index contributed by atoms with van der Waals surface area (Å²) in [7, 11) is 0. The van der Waals surface area contributed by atoms with Gasteiger partial charge >= 0.3 is 5.97 Å². The maximum absolute atomic E-state index is 11.4. The van der Waals surface area contributed by atoms with Crippen LogP contribution >= 0.6 is 0 Å². The number of phenols is 1. The fourth-order valence-electron chi connectivity index (χ4n) is 2.52. The van der Waals surface area contributed by atoms with Crippen molar-refractivity contribution in [2.75, 3.05) is 6.61 Å². The van der Waals surface area contributed by atoms with Crippen molar-refractivity contribution in [2.24, 2.45) is 0 Å². The third-order valence-electron chi connectivity index (χ3n) is 3.93. The van der Waals surface area contributed by atoms with Crippen molar-refractivity contribution in [3.63, 3.8) is 0 Å². The van der Waals surface area contributed by atoms with E-state index in [0.29, 0.717) is 5.56 Å². The standard InChI is InChI=1S/C15H21NO8/c17-6-10-11(19)12(20)13(21)14(24-10)16-9(15(22)23)5-7-1-3-8(18)4-2-7/h1-4,9-14,16-21H,5-6H2,(H,22,23)/t9-,10+,11-,12-,13+,14?/m0/s1. The summed E-state index contributed by atoms with van der Waals surface area (Å²) in [5.74, 6) is -1.16. The lowest BCUT2D eigenvalue weighted by Crippen LogP contribution is -2.64. The molecule has 1 aromatic rings. The van der Waals surface area contributed by atoms with Crippen LogP contribution in [0.5, 0.6) is 5.75 Å². The molecule has 0 saturated carbocycles. The van der Waals surface area contributed by atoms with E-state index in [2.05, 4.69) is 5.32 Å². The highest BCUT2D eigenvalue weighted by Gasteiger charge is 2.44. The highest BCUT2D eigenvalue weighted by molar-refractivity contribution is 5.74. The fraction of sp³-hybridized carbons (Fsp3) is 0.533. The normalized spacial score (nSPS) is 31.6. The number of benzene rings is 1. The van der Waals surface area contributed by atoms with E-state index in [1.807, 2.05) is 0 Å². The van der Waals surface area contributed by atoms with Crippen LogP contribution in [0.3, 0.4) is 0 Å². The number of nitrogens with one attached hydrogen (secondary N) is 1. The Bertz CT molecular complexity index is 549. The molecule has 1 aliphatic heterocycles. The molecular weight excluding hydrogens is 322 g/mol. The van der Waals surface area contributed by atoms with Gasteiger partial charge in [0.2, 0.25) is 0 Å². The second-order valence-corrected chi connectivity index (χ2v) is 5.68. The maximum atomic E-state index is 11.4. The monoisotopic (exact) mass is 343 g/mol. The topological polar surface area (TPSA) is 160 Å². The van der Waals surface area contributed by atoms with Gasteiger partial charge in [-0.3, -0.25) is 10.1 Å². The average molecular weight is 343 g/mol. The first-order chi connectivity index (χ1) is 11.3. The SMILES string of the molecule is O=C(O)[C@H](Cc1ccc(O)cc1)NC1O[C@H](CO)[C@H](O)[C@H](O)[C@H]1O. The van der Waals surface area contributed by atoms with Crippen molar-refractivity contribution in [1.29, 1.82) is 0 Å². The van der Waals surface area contributed by atoms with Gasteiger partial charge in [0.15, 0.2) is 0 Å². The van der Waals surface area contributed by atoms with Crippen molar-refractivity contribution in [1.82, 2.24) is 5.32 Å². The van der Waals surface area contributed by atoms with Crippen LogP contribution in [0.4, 0.5) is 0 Å². The molecule has 0 amide bonds. The molecule has 1 unspecified atom stereocenters. The summed E-state index contributed by atoms with van der Waals surface area (Å²) in [4.78, 5) is 11.4. The van der Waals surface area contributed by atoms with Gasteiger partial charge in [0, 0.05) is 0 Å². The van der Waals surface area contributed by atoms with Gasteiger partial charge in [0.25, 0.3) is 0 Å². The van der Waals surface area contributed by atoms with Gasteiger partial charge in [-0.15, -0.1) is 0 Å². The van der Waals surface area contributed by atoms with Crippen LogP contribution in [-0.2, 0) is 16.0 Å². The number of carboxylic acid groups (broad SMARTS) is 1. The number of carbonyl (C=O) groups is 1. The number of aliphatic carboxylic acids is 1. The summed E-state index contributed by atoms with van der Waals surface area (Å²) in [5.41, 5.74) is 0.622. The summed E-state index contributed by atoms with van der Waals surface area (Å²) in [5, 5.41) is 59.7. The van der Waals surface area contributed by atoms with E-state index in [0.717, 1.165) is 0 Å². The Morgan fingerprint density at radius 3 is 2.29 bits per heavy atom. The van der Waals surface area contributed by atoms with Gasteiger partial charge < -0.3 is 35.4 Å². The Morgan fingerprint density at radius 1 is 1.12 bits per heavy atom. The van der Waals surface area contributed by atoms with Gasteiger partial charge in [-0.2, -0.15) is 0 Å². The predicted molar refractivity (Wildman–Crippen MR) is 80.1 cm³/mol. The number of aliphatic hydroxyl groups excluding tert-OH is 4. The minimum Gasteiger partial charge on any atom is -0.508 e. The fourth-order valence-corrected chi connectivity index (χ4v) is 2.52. The molecule has 6 atom stereocenters. The van der Waals surface area contributed by atoms with E-state index in [4.69, 9.17) is 9.84 Å². The Kier molecular flexibility index (Phi) is 6.10. The molecule has 1 aromatic carbocycles. The largest absolute Gasteiger partial charge is 0.508 e. The zero-order valence-corrected chi connectivity index (χ0v) is 12.7. The zero-order valence-electron chi connectivity index (χ0n) is 12.7. The maximum Gasteiger partial charge on any atom is 0.321 e. The van der Waals surface area contributed by atoms with Crippen molar-refractivity contribution in [3.8, 4) is 5.75 Å². The lowest BCUT2D eigenvalue weighted by molar-refractivity contribution is -0.238. The molecule has 9 heteroatoms. The second kappa shape index (κ2) is 7.88. The molecular formula is C15H21NO8. The molecule has 0 aromatic heterocycles. The third kappa shape index (κ3) is 4.20. The number of rotatable bonds is 6. The number of hydrogen-bond acceptors (Lipinski definition) is 8. The molecule has 24 heavy (non-hydrogen) atoms. The molecule has 1 heterocycles. The van der Waals surface area contributed by atoms with E-state index in [1.54, 1.807) is 12.1 Å². The number of carboxylic acids is 1. The van der Waals surface area contributed by atoms with Crippen LogP contribution < -0.4 is 5.32 Å². The van der Waals surface area contributed by atoms with Crippen molar-refractivity contribution >= 4 is 5.97 Å². The molecule has 0 bridgehead atoms. The minimum atomic E-state index is -1.59. The van der Waals surface area contributed by atoms with Crippen molar-refractivity contribution in [2.45, 2.75) is 43.1 Å². The molecule has 1 fully saturated rings. The first-order valence-electron chi connectivity index (χ1n) is 7.40. The Labute approximate surface area is 137 Å². The molecule has 2 rings (SSSR count). The summed E-state index contributed by atoms with van der Waals surface area (Å²) >= 11 is 0. The lowest BCUT2D eigenvalue weighted by atomic mass is 9.97. The third-order valence-corrected chi connectivity index (χ3v) is 3.93. The van der Waals surface area contributed by atoms with Crippen LogP contribution in [0, 0.1) is 0 Å². The van der Waals surface area contributed by atoms with E-state index in [9.17, 15) is 30.3 Å². The smallest absolute Gasteiger partial charge is 0.321 e. The second-order valence-electron chi connectivity index (χ2n) is 5.68. The Balaban J connectivity index is 2.08. The number of aliphatic hydroxyl groups is 4. The van der Waals surface area contributed by atoms with E-state index < -0.39 is 49.3 Å². The molecule has 0 radical (unpaired) electrons. The van der Waals surface area contributed by atoms with Gasteiger partial charge in [0.05, 0.1) is 6.61 Å². The van der Waals surface area contributed by atoms with Crippen LogP contribution in [0.15, 0.2) is 24.3 Å². The molecule has 134 valence electrons. The van der Waals surface area contributed by atoms with Crippen LogP contribution in [-0.4, -0.2) is 79.9 Å². The lowest BCUT2D eigenvalue weighted by Gasteiger charge is -2.41. The number of ether oxygens (including phenoxy) is 1. The summed E-state index contributed by atoms with van der Waals surface area (Å²) in [6.07, 6.45) is -7.03. The highest BCUT2D eigenvalue weighted by Crippen LogP contribution is 2.21. The molecule has 1 saturated heterocycles. The summed E-state index contributed by atoms with van der Waals surface area (Å²) < 4.78 is 5.24. The average Bonchev–Trinajstić information content (AvgIpc) is 2.56. The van der Waals surface area contributed by atoms with Gasteiger partial charge in [-0.25, -0.2) is 0 Å². The number of hydrogen-bond donors (Lipinski definition) is 7. The van der Waals surface area contributed by atoms with Gasteiger partial charge in [0.1, 0.15) is 42.4 Å². The Morgan fingerprint density at radius 2 is 1.75 bits per heavy atom. The summed E-state index contributed by atoms with van der Waals surface area (Å²) in [6.45, 7) is -0.598. The van der Waals surface area contributed by atoms with Crippen LogP contribution in [0.2, 0.25) is 0 Å². The van der Waals surface area contributed by atoms with E-state index >= 15 is 0 Å². The van der Waals surface area contributed by atoms with Crippen molar-refractivity contribution < 1.29 is 40.2 Å². The number of aromatic hydroxyl groups is 1. The number of phenolic OH excluding ortho intramolecular Hbond substituents is 1. The van der Waals surface area contributed by atoms with Crippen LogP contribution in [0.1, 0.15) is 5.56 Å². The van der Waals surface area contributed by atoms with Gasteiger partial charge in [-0.1, -0.05) is 12.1 Å². The minimum absolute atomic E-state index is 0.0324. The van der Waals surface area contributed by atoms with Crippen LogP contribution in [0.25, 0.3) is 0 Å².